The van der Waals surface area contributed by atoms with Crippen LogP contribution >= 0.6 is 11.6 Å². The van der Waals surface area contributed by atoms with Crippen LogP contribution in [0, 0.1) is 18.6 Å². The molecule has 0 radical (unpaired) electrons. The number of nitrogens with zero attached hydrogens (tertiary/aromatic N) is 5. The number of benzene rings is 3. The van der Waals surface area contributed by atoms with Crippen LogP contribution in [-0.4, -0.2) is 79.7 Å². The van der Waals surface area contributed by atoms with Gasteiger partial charge in [-0.15, -0.1) is 0 Å². The lowest BCUT2D eigenvalue weighted by molar-refractivity contribution is -0.137. The summed E-state index contributed by atoms with van der Waals surface area (Å²) in [5, 5.41) is -2.00. The average molecular weight is 918 g/mol. The highest BCUT2D eigenvalue weighted by molar-refractivity contribution is 6.76. The molecular formula is C45H50ClF6N5O5Si. The number of alkyl halides is 4. The first-order valence-electron chi connectivity index (χ1n) is 20.6. The molecule has 2 saturated heterocycles. The lowest BCUT2D eigenvalue weighted by Crippen LogP contribution is -2.44. The molecule has 0 aliphatic carbocycles. The second-order valence-corrected chi connectivity index (χ2v) is 23.5. The minimum Gasteiger partial charge on any atom is -0.497 e. The number of rotatable bonds is 16. The van der Waals surface area contributed by atoms with E-state index in [0.717, 1.165) is 28.2 Å². The Morgan fingerprint density at radius 3 is 2.14 bits per heavy atom. The predicted molar refractivity (Wildman–Crippen MR) is 232 cm³/mol. The Hall–Kier alpha value is -4.84. The molecule has 338 valence electrons. The third-order valence-corrected chi connectivity index (χ3v) is 13.8. The van der Waals surface area contributed by atoms with Crippen LogP contribution in [0.1, 0.15) is 41.5 Å². The second kappa shape index (κ2) is 18.3. The largest absolute Gasteiger partial charge is 0.497 e. The van der Waals surface area contributed by atoms with Crippen molar-refractivity contribution in [1.82, 2.24) is 19.4 Å². The monoisotopic (exact) mass is 917 g/mol. The summed E-state index contributed by atoms with van der Waals surface area (Å²) >= 11 is 6.56. The third kappa shape index (κ3) is 9.81. The van der Waals surface area contributed by atoms with Crippen LogP contribution in [0.2, 0.25) is 30.7 Å². The number of anilines is 1. The van der Waals surface area contributed by atoms with E-state index in [1.54, 1.807) is 53.4 Å². The standard InChI is InChI=1S/C45H50ClF6N5O5Si/c1-27-20-33(55(22-28-8-12-31(59-2)13-9-28)23-29-10-14-32(60-3)15-11-29)53-40(36(27)45(50,51)52)34-37(46)38(48)35-41(39(34)49)54-43(57(42(35)58)26-61-18-19-63(4,5)6)62-25-44-16-7-17-56(44)24-30(47)21-44/h8-15,20,30H,7,16-19,21-26H2,1-6H3/t30-,44+/m1/s1. The fourth-order valence-corrected chi connectivity index (χ4v) is 9.44. The lowest BCUT2D eigenvalue weighted by atomic mass is 9.95. The molecule has 0 bridgehead atoms. The van der Waals surface area contributed by atoms with Crippen molar-refractivity contribution in [2.24, 2.45) is 0 Å². The quantitative estimate of drug-likeness (QED) is 0.0415. The molecule has 2 atom stereocenters. The zero-order valence-electron chi connectivity index (χ0n) is 36.0. The Bertz CT molecular complexity index is 2470. The molecule has 18 heteroatoms. The van der Waals surface area contributed by atoms with Crippen molar-refractivity contribution >= 4 is 36.4 Å². The molecule has 4 heterocycles. The molecule has 0 unspecified atom stereocenters. The van der Waals surface area contributed by atoms with Crippen molar-refractivity contribution in [3.63, 3.8) is 0 Å². The van der Waals surface area contributed by atoms with E-state index in [0.29, 0.717) is 24.5 Å². The molecule has 0 N–H and O–H groups in total. The van der Waals surface area contributed by atoms with Crippen LogP contribution in [0.25, 0.3) is 22.2 Å². The molecular weight excluding hydrogens is 868 g/mol. The van der Waals surface area contributed by atoms with Gasteiger partial charge < -0.3 is 23.8 Å². The maximum absolute atomic E-state index is 17.4. The van der Waals surface area contributed by atoms with E-state index < -0.39 is 88.6 Å². The van der Waals surface area contributed by atoms with Gasteiger partial charge in [-0.25, -0.2) is 22.7 Å². The van der Waals surface area contributed by atoms with E-state index in [4.69, 9.17) is 30.5 Å². The van der Waals surface area contributed by atoms with E-state index in [9.17, 15) is 9.18 Å². The topological polar surface area (TPSA) is 91.2 Å². The summed E-state index contributed by atoms with van der Waals surface area (Å²) in [6.45, 7) is 8.33. The Balaban J connectivity index is 1.39. The minimum absolute atomic E-state index is 0.0101. The van der Waals surface area contributed by atoms with Gasteiger partial charge >= 0.3 is 12.2 Å². The first-order chi connectivity index (χ1) is 29.8. The summed E-state index contributed by atoms with van der Waals surface area (Å²) in [7, 11) is 1.45. The number of ether oxygens (including phenoxy) is 4. The van der Waals surface area contributed by atoms with Gasteiger partial charge in [-0.1, -0.05) is 55.5 Å². The van der Waals surface area contributed by atoms with E-state index in [2.05, 4.69) is 29.6 Å². The third-order valence-electron chi connectivity index (χ3n) is 11.8. The zero-order chi connectivity index (χ0) is 45.4. The summed E-state index contributed by atoms with van der Waals surface area (Å²) in [6.07, 6.45) is -4.70. The van der Waals surface area contributed by atoms with Gasteiger partial charge in [0.05, 0.1) is 41.6 Å². The van der Waals surface area contributed by atoms with Crippen molar-refractivity contribution in [3.05, 3.63) is 104 Å². The molecule has 2 aliphatic rings. The fraction of sp³-hybridized carbons (Fsp3) is 0.444. The van der Waals surface area contributed by atoms with Crippen LogP contribution in [-0.2, 0) is 30.7 Å². The molecule has 2 fully saturated rings. The predicted octanol–water partition coefficient (Wildman–Crippen LogP) is 10.2. The number of pyridine rings is 1. The highest BCUT2D eigenvalue weighted by atomic mass is 35.5. The Morgan fingerprint density at radius 1 is 0.952 bits per heavy atom. The maximum Gasteiger partial charge on any atom is 0.418 e. The van der Waals surface area contributed by atoms with Crippen molar-refractivity contribution in [3.8, 4) is 28.8 Å². The summed E-state index contributed by atoms with van der Waals surface area (Å²) in [6, 6.07) is 15.6. The molecule has 3 aromatic carbocycles. The van der Waals surface area contributed by atoms with E-state index in [-0.39, 0.29) is 50.7 Å². The van der Waals surface area contributed by atoms with Gasteiger partial charge in [0.2, 0.25) is 0 Å². The van der Waals surface area contributed by atoms with Crippen LogP contribution in [0.3, 0.4) is 0 Å². The van der Waals surface area contributed by atoms with Crippen LogP contribution in [0.5, 0.6) is 17.5 Å². The SMILES string of the molecule is COc1ccc(CN(Cc2ccc(OC)cc2)c2cc(C)c(C(F)(F)F)c(-c3c(Cl)c(F)c4c(=O)n(COCC[Si](C)(C)C)c(OC[C@@]56CCCN5C[C@H](F)C6)nc4c3F)n2)cc1. The summed E-state index contributed by atoms with van der Waals surface area (Å²) in [4.78, 5) is 26.6. The smallest absolute Gasteiger partial charge is 0.418 e. The van der Waals surface area contributed by atoms with Crippen molar-refractivity contribution in [2.75, 3.05) is 45.4 Å². The number of hydrogen-bond donors (Lipinski definition) is 0. The van der Waals surface area contributed by atoms with Gasteiger partial charge in [-0.3, -0.25) is 9.69 Å². The zero-order valence-corrected chi connectivity index (χ0v) is 37.7. The molecule has 7 rings (SSSR count). The van der Waals surface area contributed by atoms with Gasteiger partial charge in [-0.05, 0) is 79.4 Å². The van der Waals surface area contributed by atoms with Crippen molar-refractivity contribution in [1.29, 1.82) is 0 Å². The Morgan fingerprint density at radius 2 is 1.57 bits per heavy atom. The Labute approximate surface area is 367 Å². The number of fused-ring (bicyclic) bond motifs is 2. The first-order valence-corrected chi connectivity index (χ1v) is 24.7. The molecule has 63 heavy (non-hydrogen) atoms. The average Bonchev–Trinajstić information content (AvgIpc) is 3.76. The van der Waals surface area contributed by atoms with Crippen molar-refractivity contribution in [2.45, 2.75) is 89.6 Å². The fourth-order valence-electron chi connectivity index (χ4n) is 8.42. The van der Waals surface area contributed by atoms with Gasteiger partial charge in [0, 0.05) is 40.7 Å². The molecule has 0 amide bonds. The first kappa shape index (κ1) is 46.2. The van der Waals surface area contributed by atoms with Gasteiger partial charge in [0.25, 0.3) is 5.56 Å². The van der Waals surface area contributed by atoms with Gasteiger partial charge in [-0.2, -0.15) is 18.2 Å². The number of halogens is 7. The molecule has 2 aliphatic heterocycles. The number of methoxy groups -OCH3 is 2. The molecule has 0 spiro atoms. The number of hydrogen-bond acceptors (Lipinski definition) is 9. The highest BCUT2D eigenvalue weighted by Crippen LogP contribution is 2.46. The van der Waals surface area contributed by atoms with Crippen molar-refractivity contribution < 1.29 is 45.3 Å². The summed E-state index contributed by atoms with van der Waals surface area (Å²) in [5.41, 5.74) is -5.02. The summed E-state index contributed by atoms with van der Waals surface area (Å²) < 4.78 is 118. The Kier molecular flexibility index (Phi) is 13.4. The number of aryl methyl sites for hydroxylation is 1. The van der Waals surface area contributed by atoms with E-state index in [1.807, 2.05) is 4.90 Å². The normalized spacial score (nSPS) is 18.0. The van der Waals surface area contributed by atoms with Gasteiger partial charge in [0.1, 0.15) is 47.7 Å². The minimum atomic E-state index is -5.12. The van der Waals surface area contributed by atoms with Crippen LogP contribution in [0.15, 0.2) is 59.4 Å². The van der Waals surface area contributed by atoms with Crippen LogP contribution in [0.4, 0.5) is 32.2 Å². The van der Waals surface area contributed by atoms with Crippen LogP contribution < -0.4 is 24.7 Å². The molecule has 2 aromatic heterocycles. The van der Waals surface area contributed by atoms with E-state index in [1.165, 1.54) is 27.2 Å². The van der Waals surface area contributed by atoms with E-state index >= 15 is 22.0 Å². The summed E-state index contributed by atoms with van der Waals surface area (Å²) in [5.74, 6) is -1.84. The van der Waals surface area contributed by atoms with Gasteiger partial charge in [0.15, 0.2) is 11.6 Å². The number of aromatic nitrogens is 3. The maximum atomic E-state index is 17.4. The highest BCUT2D eigenvalue weighted by Gasteiger charge is 2.49. The lowest BCUT2D eigenvalue weighted by Gasteiger charge is -2.31. The molecule has 5 aromatic rings. The molecule has 10 nitrogen and oxygen atoms in total. The second-order valence-electron chi connectivity index (χ2n) is 17.5. The molecule has 0 saturated carbocycles.